The van der Waals surface area contributed by atoms with E-state index in [2.05, 4.69) is 20.1 Å². The summed E-state index contributed by atoms with van der Waals surface area (Å²) in [5.41, 5.74) is 0. The summed E-state index contributed by atoms with van der Waals surface area (Å²) in [5, 5.41) is 3.63. The Kier molecular flexibility index (Phi) is 2.35. The van der Waals surface area contributed by atoms with Crippen LogP contribution in [0.15, 0.2) is 23.1 Å². The molecule has 6 nitrogen and oxygen atoms in total. The summed E-state index contributed by atoms with van der Waals surface area (Å²) in [6.45, 7) is 1.95. The molecule has 2 aromatic heterocycles. The van der Waals surface area contributed by atoms with Crippen LogP contribution in [0.25, 0.3) is 0 Å². The van der Waals surface area contributed by atoms with Gasteiger partial charge in [0.05, 0.1) is 6.20 Å². The van der Waals surface area contributed by atoms with Crippen LogP contribution in [0.3, 0.4) is 0 Å². The van der Waals surface area contributed by atoms with Gasteiger partial charge in [0, 0.05) is 12.4 Å². The van der Waals surface area contributed by atoms with Crippen molar-refractivity contribution in [2.75, 3.05) is 0 Å². The first-order valence-electron chi connectivity index (χ1n) is 4.02. The first-order chi connectivity index (χ1) is 6.84. The first-order valence-corrected chi connectivity index (χ1v) is 4.02. The van der Waals surface area contributed by atoms with Gasteiger partial charge in [-0.3, -0.25) is 4.98 Å². The van der Waals surface area contributed by atoms with E-state index in [0.29, 0.717) is 17.6 Å². The van der Waals surface area contributed by atoms with Crippen molar-refractivity contribution in [1.29, 1.82) is 0 Å². The molecule has 0 spiro atoms. The fourth-order valence-corrected chi connectivity index (χ4v) is 0.894. The third-order valence-corrected chi connectivity index (χ3v) is 1.45. The van der Waals surface area contributed by atoms with Crippen LogP contribution < -0.4 is 4.74 Å². The maximum absolute atomic E-state index is 5.24. The van der Waals surface area contributed by atoms with Crippen LogP contribution in [0, 0.1) is 6.92 Å². The highest BCUT2D eigenvalue weighted by atomic mass is 16.5. The minimum Gasteiger partial charge on any atom is -0.466 e. The molecule has 2 rings (SSSR count). The Hall–Kier alpha value is -1.98. The topological polar surface area (TPSA) is 73.9 Å². The molecule has 0 unspecified atom stereocenters. The summed E-state index contributed by atoms with van der Waals surface area (Å²) in [7, 11) is 0. The van der Waals surface area contributed by atoms with Crippen LogP contribution >= 0.6 is 0 Å². The van der Waals surface area contributed by atoms with Crippen LogP contribution in [-0.2, 0) is 6.61 Å². The van der Waals surface area contributed by atoms with Crippen molar-refractivity contribution in [3.63, 3.8) is 0 Å². The summed E-state index contributed by atoms with van der Waals surface area (Å²) < 4.78 is 10.1. The molecule has 0 radical (unpaired) electrons. The number of aromatic nitrogens is 4. The molecule has 0 bridgehead atoms. The molecule has 14 heavy (non-hydrogen) atoms. The summed E-state index contributed by atoms with van der Waals surface area (Å²) in [6, 6.07) is 0. The van der Waals surface area contributed by atoms with E-state index in [1.165, 1.54) is 6.20 Å². The maximum Gasteiger partial charge on any atom is 0.264 e. The van der Waals surface area contributed by atoms with Gasteiger partial charge in [-0.1, -0.05) is 5.16 Å². The van der Waals surface area contributed by atoms with Crippen LogP contribution in [0.1, 0.15) is 11.7 Å². The number of ether oxygens (including phenoxy) is 1. The van der Waals surface area contributed by atoms with Crippen LogP contribution in [0.5, 0.6) is 5.88 Å². The number of aryl methyl sites for hydroxylation is 1. The Morgan fingerprint density at radius 2 is 2.36 bits per heavy atom. The van der Waals surface area contributed by atoms with Gasteiger partial charge in [0.15, 0.2) is 12.4 Å². The second kappa shape index (κ2) is 3.82. The average Bonchev–Trinajstić information content (AvgIpc) is 2.63. The van der Waals surface area contributed by atoms with Crippen molar-refractivity contribution in [2.45, 2.75) is 13.5 Å². The Labute approximate surface area is 80.0 Å². The van der Waals surface area contributed by atoms with Gasteiger partial charge in [-0.2, -0.15) is 4.98 Å². The van der Waals surface area contributed by atoms with E-state index < -0.39 is 0 Å². The fourth-order valence-electron chi connectivity index (χ4n) is 0.894. The second-order valence-corrected chi connectivity index (χ2v) is 2.57. The number of nitrogens with zero attached hydrogens (tertiary/aromatic N) is 4. The molecule has 0 aromatic carbocycles. The summed E-state index contributed by atoms with van der Waals surface area (Å²) in [5.74, 6) is 1.44. The molecule has 0 aliphatic heterocycles. The maximum atomic E-state index is 5.24. The summed E-state index contributed by atoms with van der Waals surface area (Å²) in [4.78, 5) is 11.7. The van der Waals surface area contributed by atoms with Crippen molar-refractivity contribution in [2.24, 2.45) is 0 Å². The van der Waals surface area contributed by atoms with Gasteiger partial charge in [0.25, 0.3) is 5.89 Å². The molecule has 0 saturated heterocycles. The third-order valence-electron chi connectivity index (χ3n) is 1.45. The lowest BCUT2D eigenvalue weighted by atomic mass is 10.6. The molecule has 6 heteroatoms. The van der Waals surface area contributed by atoms with Crippen molar-refractivity contribution in [3.05, 3.63) is 30.3 Å². The average molecular weight is 192 g/mol. The minimum atomic E-state index is 0.208. The van der Waals surface area contributed by atoms with Crippen LogP contribution in [0.2, 0.25) is 0 Å². The zero-order chi connectivity index (χ0) is 9.80. The van der Waals surface area contributed by atoms with Gasteiger partial charge in [-0.25, -0.2) is 4.98 Å². The molecular formula is C8H8N4O2. The standard InChI is InChI=1S/C8H8N4O2/c1-6-11-8(14-12-6)5-13-7-4-9-2-3-10-7/h2-4H,5H2,1H3. The minimum absolute atomic E-state index is 0.208. The van der Waals surface area contributed by atoms with Gasteiger partial charge in [-0.15, -0.1) is 0 Å². The van der Waals surface area contributed by atoms with Gasteiger partial charge >= 0.3 is 0 Å². The highest BCUT2D eigenvalue weighted by molar-refractivity contribution is 5.01. The summed E-state index contributed by atoms with van der Waals surface area (Å²) >= 11 is 0. The van der Waals surface area contributed by atoms with Crippen LogP contribution in [-0.4, -0.2) is 20.1 Å². The normalized spacial score (nSPS) is 10.1. The highest BCUT2D eigenvalue weighted by Crippen LogP contribution is 2.04. The molecule has 0 aliphatic carbocycles. The molecular weight excluding hydrogens is 184 g/mol. The monoisotopic (exact) mass is 192 g/mol. The molecule has 72 valence electrons. The van der Waals surface area contributed by atoms with Gasteiger partial charge in [-0.05, 0) is 6.92 Å². The van der Waals surface area contributed by atoms with Crippen molar-refractivity contribution < 1.29 is 9.26 Å². The third kappa shape index (κ3) is 2.03. The quantitative estimate of drug-likeness (QED) is 0.714. The zero-order valence-corrected chi connectivity index (χ0v) is 7.54. The van der Waals surface area contributed by atoms with Crippen LogP contribution in [0.4, 0.5) is 0 Å². The Balaban J connectivity index is 1.95. The van der Waals surface area contributed by atoms with E-state index in [1.807, 2.05) is 0 Å². The molecule has 0 aliphatic rings. The lowest BCUT2D eigenvalue weighted by molar-refractivity contribution is 0.234. The largest absolute Gasteiger partial charge is 0.466 e. The smallest absolute Gasteiger partial charge is 0.264 e. The lowest BCUT2D eigenvalue weighted by Gasteiger charge is -1.98. The molecule has 0 N–H and O–H groups in total. The van der Waals surface area contributed by atoms with Gasteiger partial charge < -0.3 is 9.26 Å². The number of hydrogen-bond acceptors (Lipinski definition) is 6. The molecule has 0 saturated carbocycles. The molecule has 0 amide bonds. The zero-order valence-electron chi connectivity index (χ0n) is 7.54. The fraction of sp³-hybridized carbons (Fsp3) is 0.250. The number of hydrogen-bond donors (Lipinski definition) is 0. The van der Waals surface area contributed by atoms with E-state index >= 15 is 0 Å². The highest BCUT2D eigenvalue weighted by Gasteiger charge is 2.03. The predicted molar refractivity (Wildman–Crippen MR) is 45.4 cm³/mol. The Bertz CT molecular complexity index is 401. The lowest BCUT2D eigenvalue weighted by Crippen LogP contribution is -1.97. The van der Waals surface area contributed by atoms with E-state index in [1.54, 1.807) is 19.3 Å². The summed E-state index contributed by atoms with van der Waals surface area (Å²) in [6.07, 6.45) is 4.64. The molecule has 0 atom stereocenters. The van der Waals surface area contributed by atoms with Crippen molar-refractivity contribution in [3.8, 4) is 5.88 Å². The van der Waals surface area contributed by atoms with E-state index in [0.717, 1.165) is 0 Å². The Morgan fingerprint density at radius 1 is 1.43 bits per heavy atom. The first kappa shape index (κ1) is 8.61. The Morgan fingerprint density at radius 3 is 3.00 bits per heavy atom. The predicted octanol–water partition coefficient (Wildman–Crippen LogP) is 0.747. The molecule has 2 heterocycles. The SMILES string of the molecule is Cc1noc(COc2cnccn2)n1. The second-order valence-electron chi connectivity index (χ2n) is 2.57. The van der Waals surface area contributed by atoms with Crippen molar-refractivity contribution in [1.82, 2.24) is 20.1 Å². The van der Waals surface area contributed by atoms with E-state index in [-0.39, 0.29) is 6.61 Å². The van der Waals surface area contributed by atoms with Gasteiger partial charge in [0.2, 0.25) is 5.88 Å². The number of rotatable bonds is 3. The van der Waals surface area contributed by atoms with Gasteiger partial charge in [0.1, 0.15) is 0 Å². The van der Waals surface area contributed by atoms with E-state index in [9.17, 15) is 0 Å². The molecule has 0 fully saturated rings. The van der Waals surface area contributed by atoms with Crippen molar-refractivity contribution >= 4 is 0 Å². The molecule has 2 aromatic rings. The van der Waals surface area contributed by atoms with E-state index in [4.69, 9.17) is 9.26 Å².